The van der Waals surface area contributed by atoms with Crippen LogP contribution >= 0.6 is 0 Å². The lowest BCUT2D eigenvalue weighted by Gasteiger charge is -2.22. The third kappa shape index (κ3) is 5.42. The molecule has 7 heteroatoms. The minimum Gasteiger partial charge on any atom is -0.378 e. The summed E-state index contributed by atoms with van der Waals surface area (Å²) in [5.41, 5.74) is 7.43. The van der Waals surface area contributed by atoms with E-state index in [4.69, 9.17) is 5.73 Å². The van der Waals surface area contributed by atoms with E-state index in [1.807, 2.05) is 48.2 Å². The molecular weight excluding hydrogens is 306 g/mol. The summed E-state index contributed by atoms with van der Waals surface area (Å²) in [5.74, 6) is -0.325. The molecule has 1 aliphatic heterocycles. The summed E-state index contributed by atoms with van der Waals surface area (Å²) in [4.78, 5) is 29.2. The van der Waals surface area contributed by atoms with Crippen molar-refractivity contribution in [1.29, 1.82) is 0 Å². The topological polar surface area (TPSA) is 81.9 Å². The average molecular weight is 333 g/mol. The highest BCUT2D eigenvalue weighted by molar-refractivity contribution is 5.76. The normalized spacial score (nSPS) is 15.7. The van der Waals surface area contributed by atoms with Crippen molar-refractivity contribution in [1.82, 2.24) is 15.1 Å². The predicted octanol–water partition coefficient (Wildman–Crippen LogP) is 0.455. The smallest absolute Gasteiger partial charge is 0.317 e. The first kappa shape index (κ1) is 18.1. The van der Waals surface area contributed by atoms with E-state index in [1.54, 1.807) is 4.90 Å². The zero-order valence-corrected chi connectivity index (χ0v) is 14.5. The molecule has 0 aliphatic carbocycles. The van der Waals surface area contributed by atoms with Crippen LogP contribution in [0.2, 0.25) is 0 Å². The van der Waals surface area contributed by atoms with Crippen molar-refractivity contribution in [3.8, 4) is 0 Å². The summed E-state index contributed by atoms with van der Waals surface area (Å²) < 4.78 is 0. The summed E-state index contributed by atoms with van der Waals surface area (Å²) in [6, 6.07) is 8.05. The zero-order valence-electron chi connectivity index (χ0n) is 14.5. The third-order valence-electron chi connectivity index (χ3n) is 4.15. The fraction of sp³-hybridized carbons (Fsp3) is 0.529. The first-order chi connectivity index (χ1) is 11.5. The van der Waals surface area contributed by atoms with Crippen LogP contribution in [0.3, 0.4) is 0 Å². The van der Waals surface area contributed by atoms with E-state index in [2.05, 4.69) is 5.32 Å². The number of carbonyl (C=O) groups is 2. The first-order valence-corrected chi connectivity index (χ1v) is 8.25. The Morgan fingerprint density at radius 2 is 1.83 bits per heavy atom. The molecule has 0 atom stereocenters. The second-order valence-corrected chi connectivity index (χ2v) is 6.30. The van der Waals surface area contributed by atoms with E-state index >= 15 is 0 Å². The number of hydrogen-bond donors (Lipinski definition) is 2. The van der Waals surface area contributed by atoms with Crippen molar-refractivity contribution < 1.29 is 9.59 Å². The molecule has 132 valence electrons. The molecule has 0 saturated carbocycles. The van der Waals surface area contributed by atoms with Crippen molar-refractivity contribution in [3.63, 3.8) is 0 Å². The average Bonchev–Trinajstić information content (AvgIpc) is 2.78. The lowest BCUT2D eigenvalue weighted by molar-refractivity contribution is -0.119. The Labute approximate surface area is 143 Å². The van der Waals surface area contributed by atoms with Gasteiger partial charge in [0.25, 0.3) is 0 Å². The van der Waals surface area contributed by atoms with E-state index in [0.29, 0.717) is 26.2 Å². The standard InChI is InChI=1S/C17H27N5O2/c1-20(2)15-6-4-14(5-7-15)12-19-17(24)22-9-3-8-21(10-11-22)13-16(18)23/h4-7H,3,8-13H2,1-2H3,(H2,18,23)(H,19,24). The van der Waals surface area contributed by atoms with Crippen LogP contribution in [0.1, 0.15) is 12.0 Å². The number of rotatable bonds is 5. The fourth-order valence-electron chi connectivity index (χ4n) is 2.75. The summed E-state index contributed by atoms with van der Waals surface area (Å²) in [5, 5.41) is 2.96. The fourth-order valence-corrected chi connectivity index (χ4v) is 2.75. The van der Waals surface area contributed by atoms with Gasteiger partial charge in [-0.05, 0) is 24.1 Å². The molecule has 0 aromatic heterocycles. The molecule has 7 nitrogen and oxygen atoms in total. The highest BCUT2D eigenvalue weighted by atomic mass is 16.2. The van der Waals surface area contributed by atoms with Crippen molar-refractivity contribution in [2.24, 2.45) is 5.73 Å². The molecule has 1 fully saturated rings. The Morgan fingerprint density at radius 1 is 1.12 bits per heavy atom. The largest absolute Gasteiger partial charge is 0.378 e. The Kier molecular flexibility index (Phi) is 6.43. The molecule has 24 heavy (non-hydrogen) atoms. The Balaban J connectivity index is 1.80. The molecule has 1 aromatic carbocycles. The van der Waals surface area contributed by atoms with Gasteiger partial charge in [0.2, 0.25) is 5.91 Å². The number of urea groups is 1. The van der Waals surface area contributed by atoms with Crippen molar-refractivity contribution in [3.05, 3.63) is 29.8 Å². The van der Waals surface area contributed by atoms with Crippen LogP contribution in [0.5, 0.6) is 0 Å². The van der Waals surface area contributed by atoms with Gasteiger partial charge >= 0.3 is 6.03 Å². The molecule has 1 heterocycles. The monoisotopic (exact) mass is 333 g/mol. The van der Waals surface area contributed by atoms with Gasteiger partial charge in [-0.1, -0.05) is 12.1 Å². The lowest BCUT2D eigenvalue weighted by atomic mass is 10.2. The molecule has 3 amide bonds. The van der Waals surface area contributed by atoms with Gasteiger partial charge in [0, 0.05) is 52.5 Å². The van der Waals surface area contributed by atoms with Crippen molar-refractivity contribution in [2.75, 3.05) is 51.7 Å². The van der Waals surface area contributed by atoms with Crippen LogP contribution in [0.25, 0.3) is 0 Å². The molecule has 1 aliphatic rings. The number of amides is 3. The summed E-state index contributed by atoms with van der Waals surface area (Å²) in [7, 11) is 4.00. The highest BCUT2D eigenvalue weighted by Gasteiger charge is 2.19. The van der Waals surface area contributed by atoms with Gasteiger partial charge in [-0.2, -0.15) is 0 Å². The maximum atomic E-state index is 12.3. The second kappa shape index (κ2) is 8.54. The van der Waals surface area contributed by atoms with Gasteiger partial charge < -0.3 is 20.9 Å². The van der Waals surface area contributed by atoms with E-state index in [9.17, 15) is 9.59 Å². The van der Waals surface area contributed by atoms with Crippen molar-refractivity contribution in [2.45, 2.75) is 13.0 Å². The Bertz CT molecular complexity index is 559. The molecular formula is C17H27N5O2. The molecule has 2 rings (SSSR count). The van der Waals surface area contributed by atoms with E-state index in [0.717, 1.165) is 24.2 Å². The van der Waals surface area contributed by atoms with Crippen LogP contribution in [-0.2, 0) is 11.3 Å². The Morgan fingerprint density at radius 3 is 2.46 bits per heavy atom. The first-order valence-electron chi connectivity index (χ1n) is 8.25. The van der Waals surface area contributed by atoms with E-state index in [1.165, 1.54) is 0 Å². The number of carbonyl (C=O) groups excluding carboxylic acids is 2. The van der Waals surface area contributed by atoms with Crippen molar-refractivity contribution >= 4 is 17.6 Å². The van der Waals surface area contributed by atoms with Gasteiger partial charge in [0.15, 0.2) is 0 Å². The SMILES string of the molecule is CN(C)c1ccc(CNC(=O)N2CCCN(CC(N)=O)CC2)cc1. The van der Waals surface area contributed by atoms with E-state index in [-0.39, 0.29) is 18.5 Å². The summed E-state index contributed by atoms with van der Waals surface area (Å²) in [6.07, 6.45) is 0.845. The number of hydrogen-bond acceptors (Lipinski definition) is 4. The zero-order chi connectivity index (χ0) is 17.5. The Hall–Kier alpha value is -2.28. The van der Waals surface area contributed by atoms with Crippen LogP contribution in [0, 0.1) is 0 Å². The van der Waals surface area contributed by atoms with E-state index < -0.39 is 0 Å². The number of nitrogens with one attached hydrogen (secondary N) is 1. The van der Waals surface area contributed by atoms with Crippen LogP contribution in [0.4, 0.5) is 10.5 Å². The molecule has 0 bridgehead atoms. The number of nitrogens with zero attached hydrogens (tertiary/aromatic N) is 3. The van der Waals surface area contributed by atoms with Crippen LogP contribution in [-0.4, -0.2) is 68.6 Å². The lowest BCUT2D eigenvalue weighted by Crippen LogP contribution is -2.42. The molecule has 3 N–H and O–H groups in total. The molecule has 1 saturated heterocycles. The molecule has 1 aromatic rings. The van der Waals surface area contributed by atoms with Gasteiger partial charge in [-0.3, -0.25) is 9.69 Å². The number of benzene rings is 1. The van der Waals surface area contributed by atoms with Gasteiger partial charge in [0.1, 0.15) is 0 Å². The maximum Gasteiger partial charge on any atom is 0.317 e. The highest BCUT2D eigenvalue weighted by Crippen LogP contribution is 2.12. The number of primary amides is 1. The van der Waals surface area contributed by atoms with Gasteiger partial charge in [0.05, 0.1) is 6.54 Å². The number of anilines is 1. The third-order valence-corrected chi connectivity index (χ3v) is 4.15. The molecule has 0 spiro atoms. The van der Waals surface area contributed by atoms with Gasteiger partial charge in [-0.25, -0.2) is 4.79 Å². The predicted molar refractivity (Wildman–Crippen MR) is 94.8 cm³/mol. The molecule has 0 unspecified atom stereocenters. The minimum absolute atomic E-state index is 0.0624. The molecule has 0 radical (unpaired) electrons. The number of nitrogens with two attached hydrogens (primary N) is 1. The maximum absolute atomic E-state index is 12.3. The summed E-state index contributed by atoms with van der Waals surface area (Å²) in [6.45, 7) is 3.54. The van der Waals surface area contributed by atoms with Gasteiger partial charge in [-0.15, -0.1) is 0 Å². The van der Waals surface area contributed by atoms with Crippen LogP contribution in [0.15, 0.2) is 24.3 Å². The van der Waals surface area contributed by atoms with Crippen LogP contribution < -0.4 is 16.0 Å². The summed E-state index contributed by atoms with van der Waals surface area (Å²) >= 11 is 0. The minimum atomic E-state index is -0.325. The second-order valence-electron chi connectivity index (χ2n) is 6.30. The quantitative estimate of drug-likeness (QED) is 0.820.